The average molecular weight is 263 g/mol. The molecule has 1 fully saturated rings. The van der Waals surface area contributed by atoms with Gasteiger partial charge in [0.1, 0.15) is 11.6 Å². The van der Waals surface area contributed by atoms with Crippen molar-refractivity contribution in [3.63, 3.8) is 0 Å². The average Bonchev–Trinajstić information content (AvgIpc) is 2.84. The van der Waals surface area contributed by atoms with E-state index in [9.17, 15) is 4.79 Å². The Morgan fingerprint density at radius 2 is 2.32 bits per heavy atom. The molecule has 0 spiro atoms. The first-order valence-corrected chi connectivity index (χ1v) is 6.89. The van der Waals surface area contributed by atoms with Crippen molar-refractivity contribution < 1.29 is 9.90 Å². The van der Waals surface area contributed by atoms with Gasteiger partial charge in [-0.05, 0) is 32.1 Å². The van der Waals surface area contributed by atoms with Gasteiger partial charge in [-0.25, -0.2) is 9.97 Å². The van der Waals surface area contributed by atoms with E-state index in [1.807, 2.05) is 13.0 Å². The number of carboxylic acids is 1. The highest BCUT2D eigenvalue weighted by Crippen LogP contribution is 2.25. The Balaban J connectivity index is 2.00. The minimum absolute atomic E-state index is 0.265. The van der Waals surface area contributed by atoms with Crippen LogP contribution in [0, 0.1) is 12.8 Å². The first-order chi connectivity index (χ1) is 9.08. The molecule has 1 aliphatic rings. The summed E-state index contributed by atoms with van der Waals surface area (Å²) in [5.74, 6) is 1.56. The van der Waals surface area contributed by atoms with E-state index in [4.69, 9.17) is 5.11 Å². The summed E-state index contributed by atoms with van der Waals surface area (Å²) in [7, 11) is 0. The third-order valence-corrected chi connectivity index (χ3v) is 3.62. The van der Waals surface area contributed by atoms with Gasteiger partial charge in [0.05, 0.1) is 0 Å². The van der Waals surface area contributed by atoms with Crippen LogP contribution in [-0.2, 0) is 11.2 Å². The van der Waals surface area contributed by atoms with Gasteiger partial charge < -0.3 is 10.0 Å². The Bertz CT molecular complexity index is 462. The molecule has 0 aliphatic carbocycles. The second-order valence-corrected chi connectivity index (χ2v) is 5.15. The Morgan fingerprint density at radius 3 is 3.00 bits per heavy atom. The largest absolute Gasteiger partial charge is 0.481 e. The zero-order valence-corrected chi connectivity index (χ0v) is 11.6. The molecular weight excluding hydrogens is 242 g/mol. The summed E-state index contributed by atoms with van der Waals surface area (Å²) < 4.78 is 0. The summed E-state index contributed by atoms with van der Waals surface area (Å²) >= 11 is 0. The molecule has 2 heterocycles. The van der Waals surface area contributed by atoms with Gasteiger partial charge in [0, 0.05) is 31.3 Å². The molecule has 5 nitrogen and oxygen atoms in total. The van der Waals surface area contributed by atoms with Crippen molar-refractivity contribution in [2.75, 3.05) is 18.0 Å². The third kappa shape index (κ3) is 3.66. The first kappa shape index (κ1) is 13.8. The highest BCUT2D eigenvalue weighted by atomic mass is 16.4. The molecule has 1 N–H and O–H groups in total. The number of nitrogens with zero attached hydrogens (tertiary/aromatic N) is 3. The van der Waals surface area contributed by atoms with E-state index < -0.39 is 5.97 Å². The number of carboxylic acid groups (broad SMARTS) is 1. The Kier molecular flexibility index (Phi) is 4.35. The van der Waals surface area contributed by atoms with Gasteiger partial charge in [-0.3, -0.25) is 4.79 Å². The minimum Gasteiger partial charge on any atom is -0.481 e. The summed E-state index contributed by atoms with van der Waals surface area (Å²) in [6.45, 7) is 5.88. The molecule has 0 bridgehead atoms. The maximum Gasteiger partial charge on any atom is 0.303 e. The second-order valence-electron chi connectivity index (χ2n) is 5.15. The molecule has 1 aliphatic heterocycles. The number of carbonyl (C=O) groups is 1. The van der Waals surface area contributed by atoms with Crippen molar-refractivity contribution in [2.24, 2.45) is 5.92 Å². The predicted molar refractivity (Wildman–Crippen MR) is 73.3 cm³/mol. The monoisotopic (exact) mass is 263 g/mol. The molecule has 5 heteroatoms. The van der Waals surface area contributed by atoms with Crippen molar-refractivity contribution in [2.45, 2.75) is 39.5 Å². The van der Waals surface area contributed by atoms with E-state index in [0.717, 1.165) is 49.7 Å². The van der Waals surface area contributed by atoms with E-state index in [1.165, 1.54) is 0 Å². The third-order valence-electron chi connectivity index (χ3n) is 3.62. The number of aromatic nitrogens is 2. The maximum atomic E-state index is 10.6. The van der Waals surface area contributed by atoms with Crippen molar-refractivity contribution in [1.29, 1.82) is 0 Å². The molecule has 1 saturated heterocycles. The molecule has 0 saturated carbocycles. The fraction of sp³-hybridized carbons (Fsp3) is 0.643. The predicted octanol–water partition coefficient (Wildman–Crippen LogP) is 2.04. The van der Waals surface area contributed by atoms with Gasteiger partial charge in [-0.2, -0.15) is 0 Å². The van der Waals surface area contributed by atoms with E-state index in [2.05, 4.69) is 21.8 Å². The molecule has 0 aromatic carbocycles. The fourth-order valence-electron chi connectivity index (χ4n) is 2.56. The van der Waals surface area contributed by atoms with Gasteiger partial charge >= 0.3 is 5.97 Å². The Hall–Kier alpha value is -1.65. The minimum atomic E-state index is -0.704. The lowest BCUT2D eigenvalue weighted by Gasteiger charge is -2.18. The zero-order chi connectivity index (χ0) is 13.8. The topological polar surface area (TPSA) is 66.3 Å². The van der Waals surface area contributed by atoms with Gasteiger partial charge in [-0.15, -0.1) is 0 Å². The summed E-state index contributed by atoms with van der Waals surface area (Å²) in [4.78, 5) is 21.7. The molecule has 0 amide bonds. The number of hydrogen-bond acceptors (Lipinski definition) is 4. The highest BCUT2D eigenvalue weighted by Gasteiger charge is 2.24. The van der Waals surface area contributed by atoms with E-state index in [0.29, 0.717) is 5.92 Å². The van der Waals surface area contributed by atoms with Gasteiger partial charge in [0.2, 0.25) is 0 Å². The van der Waals surface area contributed by atoms with Crippen LogP contribution in [0.25, 0.3) is 0 Å². The molecule has 1 aromatic heterocycles. The maximum absolute atomic E-state index is 10.6. The van der Waals surface area contributed by atoms with Crippen LogP contribution in [0.4, 0.5) is 5.82 Å². The van der Waals surface area contributed by atoms with Gasteiger partial charge in [0.25, 0.3) is 0 Å². The van der Waals surface area contributed by atoms with Crippen LogP contribution in [-0.4, -0.2) is 34.1 Å². The van der Waals surface area contributed by atoms with Crippen molar-refractivity contribution in [3.8, 4) is 0 Å². The van der Waals surface area contributed by atoms with Crippen LogP contribution in [0.1, 0.15) is 37.7 Å². The van der Waals surface area contributed by atoms with Gasteiger partial charge in [0.15, 0.2) is 0 Å². The van der Waals surface area contributed by atoms with Crippen molar-refractivity contribution in [3.05, 3.63) is 17.6 Å². The molecular formula is C14H21N3O2. The number of aliphatic carboxylic acids is 1. The second kappa shape index (κ2) is 5.99. The molecule has 1 aromatic rings. The molecule has 1 unspecified atom stereocenters. The molecule has 1 atom stereocenters. The Labute approximate surface area is 113 Å². The molecule has 19 heavy (non-hydrogen) atoms. The van der Waals surface area contributed by atoms with Crippen LogP contribution in [0.15, 0.2) is 6.07 Å². The number of hydrogen-bond donors (Lipinski definition) is 1. The van der Waals surface area contributed by atoms with Crippen LogP contribution < -0.4 is 4.90 Å². The van der Waals surface area contributed by atoms with Gasteiger partial charge in [-0.1, -0.05) is 6.92 Å². The van der Waals surface area contributed by atoms with E-state index >= 15 is 0 Å². The smallest absolute Gasteiger partial charge is 0.303 e. The lowest BCUT2D eigenvalue weighted by Crippen LogP contribution is -2.22. The summed E-state index contributed by atoms with van der Waals surface area (Å²) in [6.07, 6.45) is 2.99. The molecule has 0 radical (unpaired) electrons. The SMILES string of the molecule is CCc1cc(N2CCC(CCC(=O)O)C2)nc(C)n1. The zero-order valence-electron chi connectivity index (χ0n) is 11.6. The van der Waals surface area contributed by atoms with Crippen LogP contribution >= 0.6 is 0 Å². The molecule has 104 valence electrons. The van der Waals surface area contributed by atoms with Crippen LogP contribution in [0.2, 0.25) is 0 Å². The van der Waals surface area contributed by atoms with E-state index in [-0.39, 0.29) is 6.42 Å². The number of rotatable bonds is 5. The highest BCUT2D eigenvalue weighted by molar-refractivity contribution is 5.66. The van der Waals surface area contributed by atoms with Crippen molar-refractivity contribution >= 4 is 11.8 Å². The van der Waals surface area contributed by atoms with Crippen molar-refractivity contribution in [1.82, 2.24) is 9.97 Å². The number of aryl methyl sites for hydroxylation is 2. The Morgan fingerprint density at radius 1 is 1.53 bits per heavy atom. The summed E-state index contributed by atoms with van der Waals surface area (Å²) in [5.41, 5.74) is 1.07. The quantitative estimate of drug-likeness (QED) is 0.880. The standard InChI is InChI=1S/C14H21N3O2/c1-3-12-8-13(16-10(2)15-12)17-7-6-11(9-17)4-5-14(18)19/h8,11H,3-7,9H2,1-2H3,(H,18,19). The molecule has 2 rings (SSSR count). The lowest BCUT2D eigenvalue weighted by molar-refractivity contribution is -0.137. The summed E-state index contributed by atoms with van der Waals surface area (Å²) in [6, 6.07) is 2.05. The van der Waals surface area contributed by atoms with Crippen LogP contribution in [0.3, 0.4) is 0 Å². The van der Waals surface area contributed by atoms with Crippen LogP contribution in [0.5, 0.6) is 0 Å². The summed E-state index contributed by atoms with van der Waals surface area (Å²) in [5, 5.41) is 8.73. The lowest BCUT2D eigenvalue weighted by atomic mass is 10.0. The van der Waals surface area contributed by atoms with E-state index in [1.54, 1.807) is 0 Å². The fourth-order valence-corrected chi connectivity index (χ4v) is 2.56. The number of anilines is 1. The first-order valence-electron chi connectivity index (χ1n) is 6.89. The normalized spacial score (nSPS) is 18.8.